The van der Waals surface area contributed by atoms with E-state index in [4.69, 9.17) is 5.11 Å². The first-order valence-corrected chi connectivity index (χ1v) is 7.28. The van der Waals surface area contributed by atoms with Crippen LogP contribution in [0.2, 0.25) is 0 Å². The van der Waals surface area contributed by atoms with Crippen molar-refractivity contribution in [1.29, 1.82) is 0 Å². The van der Waals surface area contributed by atoms with Crippen molar-refractivity contribution in [2.75, 3.05) is 5.75 Å². The van der Waals surface area contributed by atoms with Crippen molar-refractivity contribution in [3.63, 3.8) is 0 Å². The number of thioether (sulfide) groups is 1. The molecule has 0 radical (unpaired) electrons. The molecule has 1 rings (SSSR count). The molecule has 0 aliphatic heterocycles. The molecule has 3 nitrogen and oxygen atoms in total. The molecular formula is C11H17NO2S2. The highest BCUT2D eigenvalue weighted by Gasteiger charge is 2.31. The Balaban J connectivity index is 2.67. The minimum absolute atomic E-state index is 0.664. The molecule has 1 aromatic rings. The first-order chi connectivity index (χ1) is 7.48. The van der Waals surface area contributed by atoms with Gasteiger partial charge in [0.25, 0.3) is 0 Å². The Bertz CT molecular complexity index is 361. The predicted octanol–water partition coefficient (Wildman–Crippen LogP) is 3.15. The normalized spacial score (nSPS) is 11.7. The molecule has 0 atom stereocenters. The van der Waals surface area contributed by atoms with Gasteiger partial charge in [0.15, 0.2) is 0 Å². The van der Waals surface area contributed by atoms with Crippen LogP contribution in [0.1, 0.15) is 37.9 Å². The van der Waals surface area contributed by atoms with E-state index >= 15 is 0 Å². The average molecular weight is 259 g/mol. The van der Waals surface area contributed by atoms with Crippen molar-refractivity contribution < 1.29 is 9.90 Å². The number of carboxylic acids is 1. The number of nitrogens with zero attached hydrogens (tertiary/aromatic N) is 1. The van der Waals surface area contributed by atoms with Crippen LogP contribution >= 0.6 is 23.1 Å². The monoisotopic (exact) mass is 259 g/mol. The smallest absolute Gasteiger partial charge is 0.315 e. The summed E-state index contributed by atoms with van der Waals surface area (Å²) in [5.41, 5.74) is -0.221. The fourth-order valence-corrected chi connectivity index (χ4v) is 3.02. The lowest BCUT2D eigenvalue weighted by atomic mass is 9.90. The Morgan fingerprint density at radius 1 is 1.62 bits per heavy atom. The van der Waals surface area contributed by atoms with Gasteiger partial charge in [-0.3, -0.25) is 4.79 Å². The van der Waals surface area contributed by atoms with Crippen LogP contribution in [0.5, 0.6) is 0 Å². The van der Waals surface area contributed by atoms with Crippen LogP contribution in [0, 0.1) is 0 Å². The van der Waals surface area contributed by atoms with Crippen molar-refractivity contribution in [2.24, 2.45) is 0 Å². The molecule has 0 unspecified atom stereocenters. The number of thiazole rings is 1. The zero-order valence-corrected chi connectivity index (χ0v) is 11.5. The molecule has 0 aliphatic carbocycles. The predicted molar refractivity (Wildman–Crippen MR) is 69.2 cm³/mol. The molecule has 0 amide bonds. The van der Waals surface area contributed by atoms with E-state index in [0.717, 1.165) is 22.9 Å². The number of hydrogen-bond acceptors (Lipinski definition) is 4. The molecule has 0 aliphatic rings. The Hall–Kier alpha value is -0.550. The Labute approximate surface area is 104 Å². The fraction of sp³-hybridized carbons (Fsp3) is 0.636. The fourth-order valence-electron chi connectivity index (χ4n) is 1.08. The average Bonchev–Trinajstić information content (AvgIpc) is 2.67. The van der Waals surface area contributed by atoms with Gasteiger partial charge in [0.2, 0.25) is 0 Å². The van der Waals surface area contributed by atoms with E-state index in [2.05, 4.69) is 11.9 Å². The molecule has 16 heavy (non-hydrogen) atoms. The van der Waals surface area contributed by atoms with E-state index in [1.807, 2.05) is 17.1 Å². The van der Waals surface area contributed by atoms with Crippen LogP contribution in [0.3, 0.4) is 0 Å². The third kappa shape index (κ3) is 3.22. The van der Waals surface area contributed by atoms with Gasteiger partial charge in [-0.05, 0) is 26.0 Å². The van der Waals surface area contributed by atoms with Gasteiger partial charge in [-0.25, -0.2) is 4.98 Å². The summed E-state index contributed by atoms with van der Waals surface area (Å²) in [5, 5.41) is 12.0. The van der Waals surface area contributed by atoms with Gasteiger partial charge in [-0.2, -0.15) is 11.8 Å². The second kappa shape index (κ2) is 5.68. The van der Waals surface area contributed by atoms with Gasteiger partial charge in [0, 0.05) is 11.1 Å². The molecule has 90 valence electrons. The second-order valence-electron chi connectivity index (χ2n) is 4.11. The molecule has 0 saturated carbocycles. The third-order valence-corrected chi connectivity index (χ3v) is 4.51. The Morgan fingerprint density at radius 2 is 2.31 bits per heavy atom. The SMILES string of the molecule is CCCSCc1nc(C(C)(C)C(=O)O)cs1. The van der Waals surface area contributed by atoms with Gasteiger partial charge < -0.3 is 5.11 Å². The first kappa shape index (κ1) is 13.5. The quantitative estimate of drug-likeness (QED) is 0.797. The zero-order valence-electron chi connectivity index (χ0n) is 9.82. The maximum absolute atomic E-state index is 11.1. The summed E-state index contributed by atoms with van der Waals surface area (Å²) in [7, 11) is 0. The highest BCUT2D eigenvalue weighted by atomic mass is 32.2. The number of aliphatic carboxylic acids is 1. The van der Waals surface area contributed by atoms with Gasteiger partial charge >= 0.3 is 5.97 Å². The maximum Gasteiger partial charge on any atom is 0.315 e. The summed E-state index contributed by atoms with van der Waals surface area (Å²) in [5.74, 6) is 1.18. The van der Waals surface area contributed by atoms with E-state index < -0.39 is 11.4 Å². The molecule has 0 saturated heterocycles. The molecule has 1 heterocycles. The maximum atomic E-state index is 11.1. The van der Waals surface area contributed by atoms with Crippen LogP contribution in [-0.2, 0) is 16.0 Å². The van der Waals surface area contributed by atoms with Crippen molar-refractivity contribution >= 4 is 29.1 Å². The summed E-state index contributed by atoms with van der Waals surface area (Å²) in [6.45, 7) is 5.52. The lowest BCUT2D eigenvalue weighted by molar-refractivity contribution is -0.142. The molecule has 1 N–H and O–H groups in total. The highest BCUT2D eigenvalue weighted by molar-refractivity contribution is 7.98. The van der Waals surface area contributed by atoms with E-state index in [9.17, 15) is 4.79 Å². The van der Waals surface area contributed by atoms with Crippen LogP contribution < -0.4 is 0 Å². The number of carbonyl (C=O) groups is 1. The van der Waals surface area contributed by atoms with Gasteiger partial charge in [-0.15, -0.1) is 11.3 Å². The summed E-state index contributed by atoms with van der Waals surface area (Å²) in [4.78, 5) is 15.4. The van der Waals surface area contributed by atoms with E-state index in [1.165, 1.54) is 0 Å². The van der Waals surface area contributed by atoms with Crippen molar-refractivity contribution in [3.05, 3.63) is 16.1 Å². The Kier molecular flexibility index (Phi) is 4.80. The van der Waals surface area contributed by atoms with Crippen LogP contribution in [0.15, 0.2) is 5.38 Å². The van der Waals surface area contributed by atoms with Crippen LogP contribution in [0.25, 0.3) is 0 Å². The van der Waals surface area contributed by atoms with Crippen molar-refractivity contribution in [2.45, 2.75) is 38.4 Å². The minimum atomic E-state index is -0.885. The molecule has 0 spiro atoms. The summed E-state index contributed by atoms with van der Waals surface area (Å²) in [6, 6.07) is 0. The molecule has 1 aromatic heterocycles. The van der Waals surface area contributed by atoms with Crippen LogP contribution in [-0.4, -0.2) is 21.8 Å². The minimum Gasteiger partial charge on any atom is -0.481 e. The highest BCUT2D eigenvalue weighted by Crippen LogP contribution is 2.26. The molecule has 0 bridgehead atoms. The number of rotatable bonds is 6. The molecule has 5 heteroatoms. The lowest BCUT2D eigenvalue weighted by Crippen LogP contribution is -2.28. The van der Waals surface area contributed by atoms with Crippen molar-refractivity contribution in [1.82, 2.24) is 4.98 Å². The molecule has 0 fully saturated rings. The second-order valence-corrected chi connectivity index (χ2v) is 6.16. The first-order valence-electron chi connectivity index (χ1n) is 5.24. The summed E-state index contributed by atoms with van der Waals surface area (Å²) in [6.07, 6.45) is 1.16. The standard InChI is InChI=1S/C11H17NO2S2/c1-4-5-15-7-9-12-8(6-16-9)11(2,3)10(13)14/h6H,4-5,7H2,1-3H3,(H,13,14). The molecular weight excluding hydrogens is 242 g/mol. The summed E-state index contributed by atoms with van der Waals surface area (Å²) < 4.78 is 0. The molecule has 0 aromatic carbocycles. The van der Waals surface area contributed by atoms with Gasteiger partial charge in [0.05, 0.1) is 5.69 Å². The largest absolute Gasteiger partial charge is 0.481 e. The van der Waals surface area contributed by atoms with Crippen LogP contribution in [0.4, 0.5) is 0 Å². The Morgan fingerprint density at radius 3 is 2.88 bits per heavy atom. The van der Waals surface area contributed by atoms with E-state index in [-0.39, 0.29) is 0 Å². The topological polar surface area (TPSA) is 50.2 Å². The van der Waals surface area contributed by atoms with E-state index in [1.54, 1.807) is 25.2 Å². The van der Waals surface area contributed by atoms with Gasteiger partial charge in [0.1, 0.15) is 10.4 Å². The lowest BCUT2D eigenvalue weighted by Gasteiger charge is -2.15. The summed E-state index contributed by atoms with van der Waals surface area (Å²) >= 11 is 3.39. The van der Waals surface area contributed by atoms with Gasteiger partial charge in [-0.1, -0.05) is 6.92 Å². The number of carboxylic acid groups (broad SMARTS) is 1. The van der Waals surface area contributed by atoms with E-state index in [0.29, 0.717) is 5.69 Å². The third-order valence-electron chi connectivity index (χ3n) is 2.30. The number of hydrogen-bond donors (Lipinski definition) is 1. The van der Waals surface area contributed by atoms with Crippen molar-refractivity contribution in [3.8, 4) is 0 Å². The zero-order chi connectivity index (χ0) is 12.2. The number of aromatic nitrogens is 1.